The van der Waals surface area contributed by atoms with Gasteiger partial charge in [0.2, 0.25) is 0 Å². The lowest BCUT2D eigenvalue weighted by atomic mass is 9.63. The average Bonchev–Trinajstić information content (AvgIpc) is 2.49. The highest BCUT2D eigenvalue weighted by Crippen LogP contribution is 2.44. The number of Topliss-reactive ketones (excluding diaryl/α,β-unsaturated/α-hetero) is 1. The van der Waals surface area contributed by atoms with Gasteiger partial charge in [0.1, 0.15) is 5.78 Å². The summed E-state index contributed by atoms with van der Waals surface area (Å²) in [7, 11) is 0. The van der Waals surface area contributed by atoms with Crippen LogP contribution in [0.25, 0.3) is 0 Å². The van der Waals surface area contributed by atoms with E-state index < -0.39 is 0 Å². The van der Waals surface area contributed by atoms with Crippen LogP contribution in [0, 0.1) is 11.8 Å². The monoisotopic (exact) mass is 250 g/mol. The van der Waals surface area contributed by atoms with Gasteiger partial charge < -0.3 is 0 Å². The Balaban J connectivity index is 2.00. The summed E-state index contributed by atoms with van der Waals surface area (Å²) in [5.41, 5.74) is 2.64. The molecule has 3 rings (SSSR count). The molecular formula is C18H18O. The molecule has 1 nitrogen and oxygen atoms in total. The fraction of sp³-hybridized carbons (Fsp3) is 0.278. The fourth-order valence-corrected chi connectivity index (χ4v) is 3.09. The van der Waals surface area contributed by atoms with Crippen LogP contribution in [0.15, 0.2) is 60.7 Å². The summed E-state index contributed by atoms with van der Waals surface area (Å²) in [6, 6.07) is 21.1. The highest BCUT2D eigenvalue weighted by atomic mass is 16.1. The van der Waals surface area contributed by atoms with Gasteiger partial charge in [-0.3, -0.25) is 4.79 Å². The van der Waals surface area contributed by atoms with Crippen LogP contribution in [0.3, 0.4) is 0 Å². The second-order valence-electron chi connectivity index (χ2n) is 5.42. The number of benzene rings is 2. The first-order valence-electron chi connectivity index (χ1n) is 6.90. The molecular weight excluding hydrogens is 232 g/mol. The van der Waals surface area contributed by atoms with Gasteiger partial charge >= 0.3 is 0 Å². The van der Waals surface area contributed by atoms with E-state index in [1.807, 2.05) is 12.1 Å². The zero-order chi connectivity index (χ0) is 13.2. The second-order valence-corrected chi connectivity index (χ2v) is 5.42. The molecule has 2 atom stereocenters. The summed E-state index contributed by atoms with van der Waals surface area (Å²) in [5, 5.41) is 0. The minimum absolute atomic E-state index is 0.186. The van der Waals surface area contributed by atoms with Crippen molar-refractivity contribution in [1.82, 2.24) is 0 Å². The molecule has 1 fully saturated rings. The summed E-state index contributed by atoms with van der Waals surface area (Å²) in [6.07, 6.45) is 0.718. The molecule has 0 spiro atoms. The molecule has 0 N–H and O–H groups in total. The van der Waals surface area contributed by atoms with Gasteiger partial charge in [0.25, 0.3) is 0 Å². The molecule has 2 aromatic carbocycles. The minimum Gasteiger partial charge on any atom is -0.299 e. The molecule has 2 aromatic rings. The maximum absolute atomic E-state index is 11.6. The maximum atomic E-state index is 11.6. The van der Waals surface area contributed by atoms with Crippen LogP contribution in [-0.2, 0) is 4.79 Å². The molecule has 0 aromatic heterocycles. The summed E-state index contributed by atoms with van der Waals surface area (Å²) in [5.74, 6) is 1.37. The van der Waals surface area contributed by atoms with Crippen molar-refractivity contribution in [3.8, 4) is 0 Å². The number of hydrogen-bond acceptors (Lipinski definition) is 1. The molecule has 1 saturated carbocycles. The first-order valence-corrected chi connectivity index (χ1v) is 6.90. The quantitative estimate of drug-likeness (QED) is 0.803. The van der Waals surface area contributed by atoms with Gasteiger partial charge in [0.05, 0.1) is 0 Å². The maximum Gasteiger partial charge on any atom is 0.136 e. The molecule has 19 heavy (non-hydrogen) atoms. The smallest absolute Gasteiger partial charge is 0.136 e. The molecule has 0 bridgehead atoms. The second kappa shape index (κ2) is 5.00. The van der Waals surface area contributed by atoms with E-state index >= 15 is 0 Å². The highest BCUT2D eigenvalue weighted by Gasteiger charge is 2.41. The van der Waals surface area contributed by atoms with Gasteiger partial charge in [-0.05, 0) is 17.0 Å². The van der Waals surface area contributed by atoms with E-state index in [9.17, 15) is 4.79 Å². The Hall–Kier alpha value is -1.89. The van der Waals surface area contributed by atoms with Gasteiger partial charge in [-0.25, -0.2) is 0 Å². The van der Waals surface area contributed by atoms with E-state index in [2.05, 4.69) is 55.5 Å². The molecule has 0 aliphatic heterocycles. The van der Waals surface area contributed by atoms with E-state index in [-0.39, 0.29) is 5.92 Å². The van der Waals surface area contributed by atoms with Crippen LogP contribution in [0.1, 0.15) is 30.4 Å². The molecule has 0 heterocycles. The van der Waals surface area contributed by atoms with E-state index in [1.54, 1.807) is 0 Å². The Kier molecular flexibility index (Phi) is 3.20. The molecule has 1 aliphatic rings. The van der Waals surface area contributed by atoms with Crippen molar-refractivity contribution in [2.75, 3.05) is 0 Å². The molecule has 96 valence electrons. The molecule has 0 amide bonds. The first-order chi connectivity index (χ1) is 9.27. The van der Waals surface area contributed by atoms with E-state index in [0.29, 0.717) is 17.6 Å². The lowest BCUT2D eigenvalue weighted by Crippen LogP contribution is -2.39. The van der Waals surface area contributed by atoms with Crippen LogP contribution in [-0.4, -0.2) is 5.78 Å². The number of ketones is 1. The zero-order valence-electron chi connectivity index (χ0n) is 11.1. The number of carbonyl (C=O) groups is 1. The summed E-state index contributed by atoms with van der Waals surface area (Å²) >= 11 is 0. The van der Waals surface area contributed by atoms with Crippen LogP contribution in [0.2, 0.25) is 0 Å². The minimum atomic E-state index is 0.186. The van der Waals surface area contributed by atoms with Crippen LogP contribution >= 0.6 is 0 Å². The predicted octanol–water partition coefficient (Wildman–Crippen LogP) is 4.04. The van der Waals surface area contributed by atoms with Crippen molar-refractivity contribution in [3.63, 3.8) is 0 Å². The highest BCUT2D eigenvalue weighted by molar-refractivity contribution is 5.87. The summed E-state index contributed by atoms with van der Waals surface area (Å²) in [6.45, 7) is 2.06. The topological polar surface area (TPSA) is 17.1 Å². The van der Waals surface area contributed by atoms with Gasteiger partial charge in [0.15, 0.2) is 0 Å². The fourth-order valence-electron chi connectivity index (χ4n) is 3.09. The van der Waals surface area contributed by atoms with Crippen molar-refractivity contribution < 1.29 is 4.79 Å². The average molecular weight is 250 g/mol. The Morgan fingerprint density at radius 2 is 1.37 bits per heavy atom. The first kappa shape index (κ1) is 12.2. The van der Waals surface area contributed by atoms with Crippen molar-refractivity contribution in [2.24, 2.45) is 11.8 Å². The van der Waals surface area contributed by atoms with Crippen molar-refractivity contribution in [2.45, 2.75) is 19.3 Å². The van der Waals surface area contributed by atoms with Gasteiger partial charge in [-0.1, -0.05) is 67.6 Å². The Morgan fingerprint density at radius 3 is 1.74 bits per heavy atom. The summed E-state index contributed by atoms with van der Waals surface area (Å²) < 4.78 is 0. The third kappa shape index (κ3) is 2.21. The lowest BCUT2D eigenvalue weighted by molar-refractivity contribution is -0.133. The lowest BCUT2D eigenvalue weighted by Gasteiger charge is -2.39. The molecule has 1 heteroatoms. The number of carbonyl (C=O) groups excluding carboxylic acids is 1. The zero-order valence-corrected chi connectivity index (χ0v) is 11.1. The van der Waals surface area contributed by atoms with Gasteiger partial charge in [0, 0.05) is 18.3 Å². The molecule has 1 aliphatic carbocycles. The van der Waals surface area contributed by atoms with E-state index in [0.717, 1.165) is 6.42 Å². The Labute approximate surface area is 114 Å². The van der Waals surface area contributed by atoms with Crippen LogP contribution in [0.4, 0.5) is 0 Å². The number of hydrogen-bond donors (Lipinski definition) is 0. The molecule has 2 unspecified atom stereocenters. The van der Waals surface area contributed by atoms with Gasteiger partial charge in [-0.15, -0.1) is 0 Å². The third-order valence-electron chi connectivity index (χ3n) is 4.33. The molecule has 0 saturated heterocycles. The third-order valence-corrected chi connectivity index (χ3v) is 4.33. The standard InChI is InChI=1S/C18H18O/c1-13-16(12-17(13)19)18(14-8-4-2-5-9-14)15-10-6-3-7-11-15/h2-11,13,16,18H,12H2,1H3. The van der Waals surface area contributed by atoms with E-state index in [4.69, 9.17) is 0 Å². The largest absolute Gasteiger partial charge is 0.299 e. The van der Waals surface area contributed by atoms with Crippen molar-refractivity contribution in [3.05, 3.63) is 71.8 Å². The molecule has 0 radical (unpaired) electrons. The van der Waals surface area contributed by atoms with Crippen molar-refractivity contribution in [1.29, 1.82) is 0 Å². The Bertz CT molecular complexity index is 519. The number of rotatable bonds is 3. The van der Waals surface area contributed by atoms with Crippen LogP contribution in [0.5, 0.6) is 0 Å². The van der Waals surface area contributed by atoms with Crippen molar-refractivity contribution >= 4 is 5.78 Å². The van der Waals surface area contributed by atoms with Crippen LogP contribution < -0.4 is 0 Å². The normalized spacial score (nSPS) is 22.3. The summed E-state index contributed by atoms with van der Waals surface area (Å²) in [4.78, 5) is 11.6. The SMILES string of the molecule is CC1C(=O)CC1C(c1ccccc1)c1ccccc1. The van der Waals surface area contributed by atoms with E-state index in [1.165, 1.54) is 11.1 Å². The predicted molar refractivity (Wildman–Crippen MR) is 77.0 cm³/mol. The Morgan fingerprint density at radius 1 is 0.895 bits per heavy atom. The van der Waals surface area contributed by atoms with Gasteiger partial charge in [-0.2, -0.15) is 0 Å².